The molecule has 1 aromatic carbocycles. The maximum Gasteiger partial charge on any atom is 0.335 e. The van der Waals surface area contributed by atoms with E-state index in [-0.39, 0.29) is 0 Å². The summed E-state index contributed by atoms with van der Waals surface area (Å²) in [5.74, 6) is 0.510. The van der Waals surface area contributed by atoms with E-state index in [0.29, 0.717) is 16.5 Å². The van der Waals surface area contributed by atoms with Crippen LogP contribution in [0.4, 0.5) is 0 Å². The van der Waals surface area contributed by atoms with E-state index >= 15 is 0 Å². The molecular formula is C11H11N3O2S. The van der Waals surface area contributed by atoms with Crippen LogP contribution in [0.15, 0.2) is 29.4 Å². The van der Waals surface area contributed by atoms with E-state index in [4.69, 9.17) is 5.11 Å². The SMILES string of the molecule is Cc1nc(SCc2cccc(C(=O)O)c2)n[nH]1. The molecule has 17 heavy (non-hydrogen) atoms. The maximum atomic E-state index is 10.8. The van der Waals surface area contributed by atoms with Crippen LogP contribution >= 0.6 is 11.8 Å². The highest BCUT2D eigenvalue weighted by Crippen LogP contribution is 2.19. The Hall–Kier alpha value is -1.82. The van der Waals surface area contributed by atoms with Gasteiger partial charge in [-0.15, -0.1) is 5.10 Å². The van der Waals surface area contributed by atoms with Crippen molar-refractivity contribution in [3.63, 3.8) is 0 Å². The first-order valence-corrected chi connectivity index (χ1v) is 5.98. The monoisotopic (exact) mass is 249 g/mol. The quantitative estimate of drug-likeness (QED) is 0.811. The Morgan fingerprint density at radius 1 is 1.53 bits per heavy atom. The molecule has 1 aromatic heterocycles. The van der Waals surface area contributed by atoms with E-state index in [1.54, 1.807) is 18.2 Å². The molecule has 2 aromatic rings. The van der Waals surface area contributed by atoms with E-state index in [9.17, 15) is 4.79 Å². The average molecular weight is 249 g/mol. The molecule has 0 radical (unpaired) electrons. The first kappa shape index (κ1) is 11.7. The number of benzene rings is 1. The summed E-state index contributed by atoms with van der Waals surface area (Å²) in [6, 6.07) is 6.86. The normalized spacial score (nSPS) is 10.4. The first-order valence-electron chi connectivity index (χ1n) is 4.99. The molecule has 0 fully saturated rings. The predicted molar refractivity (Wildman–Crippen MR) is 64.1 cm³/mol. The number of carboxylic acids is 1. The van der Waals surface area contributed by atoms with Gasteiger partial charge in [-0.2, -0.15) is 0 Å². The lowest BCUT2D eigenvalue weighted by atomic mass is 10.1. The number of H-pyrrole nitrogens is 1. The Bertz CT molecular complexity index is 539. The molecule has 1 heterocycles. The van der Waals surface area contributed by atoms with Gasteiger partial charge >= 0.3 is 5.97 Å². The Balaban J connectivity index is 2.04. The summed E-state index contributed by atoms with van der Waals surface area (Å²) in [4.78, 5) is 15.0. The van der Waals surface area contributed by atoms with E-state index in [2.05, 4.69) is 15.2 Å². The molecule has 0 saturated heterocycles. The zero-order valence-corrected chi connectivity index (χ0v) is 9.99. The Kier molecular flexibility index (Phi) is 3.43. The lowest BCUT2D eigenvalue weighted by Gasteiger charge is -2.00. The summed E-state index contributed by atoms with van der Waals surface area (Å²) in [5.41, 5.74) is 1.24. The zero-order chi connectivity index (χ0) is 12.3. The average Bonchev–Trinajstić information content (AvgIpc) is 2.73. The zero-order valence-electron chi connectivity index (χ0n) is 9.17. The second-order valence-corrected chi connectivity index (χ2v) is 4.44. The molecule has 0 atom stereocenters. The third-order valence-electron chi connectivity index (χ3n) is 2.12. The Morgan fingerprint density at radius 2 is 2.35 bits per heavy atom. The van der Waals surface area contributed by atoms with Gasteiger partial charge in [0.25, 0.3) is 0 Å². The van der Waals surface area contributed by atoms with Gasteiger partial charge in [0.05, 0.1) is 5.56 Å². The minimum atomic E-state index is -0.911. The van der Waals surface area contributed by atoms with E-state index < -0.39 is 5.97 Å². The summed E-state index contributed by atoms with van der Waals surface area (Å²) in [6.07, 6.45) is 0. The van der Waals surface area contributed by atoms with Gasteiger partial charge in [0.2, 0.25) is 5.16 Å². The van der Waals surface area contributed by atoms with Crippen LogP contribution in [0.25, 0.3) is 0 Å². The molecule has 0 aliphatic heterocycles. The van der Waals surface area contributed by atoms with Gasteiger partial charge in [0.15, 0.2) is 0 Å². The summed E-state index contributed by atoms with van der Waals surface area (Å²) in [7, 11) is 0. The van der Waals surface area contributed by atoms with Gasteiger partial charge in [0, 0.05) is 5.75 Å². The number of aryl methyl sites for hydroxylation is 1. The van der Waals surface area contributed by atoms with E-state index in [1.807, 2.05) is 13.0 Å². The molecule has 2 N–H and O–H groups in total. The molecule has 2 rings (SSSR count). The van der Waals surface area contributed by atoms with Crippen LogP contribution in [0.3, 0.4) is 0 Å². The van der Waals surface area contributed by atoms with Crippen molar-refractivity contribution in [3.8, 4) is 0 Å². The second kappa shape index (κ2) is 5.01. The summed E-state index contributed by atoms with van der Waals surface area (Å²) < 4.78 is 0. The van der Waals surface area contributed by atoms with E-state index in [0.717, 1.165) is 11.4 Å². The number of carboxylic acid groups (broad SMARTS) is 1. The molecule has 0 amide bonds. The fourth-order valence-corrected chi connectivity index (χ4v) is 2.12. The van der Waals surface area contributed by atoms with Crippen molar-refractivity contribution in [1.82, 2.24) is 15.2 Å². The summed E-state index contributed by atoms with van der Waals surface area (Å²) in [6.45, 7) is 1.84. The number of nitrogens with one attached hydrogen (secondary N) is 1. The molecule has 5 nitrogen and oxygen atoms in total. The smallest absolute Gasteiger partial charge is 0.335 e. The van der Waals surface area contributed by atoms with E-state index in [1.165, 1.54) is 11.8 Å². The molecule has 0 saturated carbocycles. The molecule has 0 aliphatic rings. The molecule has 0 aliphatic carbocycles. The highest BCUT2D eigenvalue weighted by atomic mass is 32.2. The number of aromatic carboxylic acids is 1. The lowest BCUT2D eigenvalue weighted by Crippen LogP contribution is -1.96. The van der Waals surface area contributed by atoms with Crippen molar-refractivity contribution in [2.24, 2.45) is 0 Å². The highest BCUT2D eigenvalue weighted by molar-refractivity contribution is 7.98. The van der Waals surface area contributed by atoms with Gasteiger partial charge in [-0.05, 0) is 24.6 Å². The highest BCUT2D eigenvalue weighted by Gasteiger charge is 2.05. The molecule has 6 heteroatoms. The molecule has 0 spiro atoms. The Morgan fingerprint density at radius 3 is 3.00 bits per heavy atom. The molecular weight excluding hydrogens is 238 g/mol. The molecule has 0 unspecified atom stereocenters. The van der Waals surface area contributed by atoms with Crippen LogP contribution in [0.1, 0.15) is 21.7 Å². The number of nitrogens with zero attached hydrogens (tertiary/aromatic N) is 2. The van der Waals surface area contributed by atoms with Crippen molar-refractivity contribution in [2.45, 2.75) is 17.8 Å². The van der Waals surface area contributed by atoms with Gasteiger partial charge in [-0.3, -0.25) is 5.10 Å². The number of aromatic amines is 1. The minimum Gasteiger partial charge on any atom is -0.478 e. The molecule has 0 bridgehead atoms. The van der Waals surface area contributed by atoms with Crippen molar-refractivity contribution in [3.05, 3.63) is 41.2 Å². The van der Waals surface area contributed by atoms with Crippen molar-refractivity contribution in [2.75, 3.05) is 0 Å². The van der Waals surface area contributed by atoms with Gasteiger partial charge in [-0.1, -0.05) is 23.9 Å². The standard InChI is InChI=1S/C11H11N3O2S/c1-7-12-11(14-13-7)17-6-8-3-2-4-9(5-8)10(15)16/h2-5H,6H2,1H3,(H,15,16)(H,12,13,14). The number of hydrogen-bond donors (Lipinski definition) is 2. The largest absolute Gasteiger partial charge is 0.478 e. The Labute approximate surface area is 102 Å². The lowest BCUT2D eigenvalue weighted by molar-refractivity contribution is 0.0697. The third kappa shape index (κ3) is 3.07. The summed E-state index contributed by atoms with van der Waals surface area (Å²) in [5, 5.41) is 16.3. The second-order valence-electron chi connectivity index (χ2n) is 3.50. The van der Waals surface area contributed by atoms with Crippen LogP contribution in [-0.4, -0.2) is 26.3 Å². The van der Waals surface area contributed by atoms with Crippen LogP contribution in [0, 0.1) is 6.92 Å². The van der Waals surface area contributed by atoms with Gasteiger partial charge in [0.1, 0.15) is 5.82 Å². The molecule has 88 valence electrons. The van der Waals surface area contributed by atoms with Crippen LogP contribution in [0.2, 0.25) is 0 Å². The third-order valence-corrected chi connectivity index (χ3v) is 3.04. The number of hydrogen-bond acceptors (Lipinski definition) is 4. The number of aromatic nitrogens is 3. The number of thioether (sulfide) groups is 1. The van der Waals surface area contributed by atoms with Crippen LogP contribution in [-0.2, 0) is 5.75 Å². The van der Waals surface area contributed by atoms with Crippen LogP contribution < -0.4 is 0 Å². The number of carbonyl (C=O) groups is 1. The predicted octanol–water partition coefficient (Wildman–Crippen LogP) is 2.10. The van der Waals surface area contributed by atoms with Crippen molar-refractivity contribution >= 4 is 17.7 Å². The first-order chi connectivity index (χ1) is 8.15. The fraction of sp³-hybridized carbons (Fsp3) is 0.182. The van der Waals surface area contributed by atoms with Crippen molar-refractivity contribution in [1.29, 1.82) is 0 Å². The fourth-order valence-electron chi connectivity index (χ4n) is 1.33. The summed E-state index contributed by atoms with van der Waals surface area (Å²) >= 11 is 1.47. The maximum absolute atomic E-state index is 10.8. The van der Waals surface area contributed by atoms with Crippen LogP contribution in [0.5, 0.6) is 0 Å². The minimum absolute atomic E-state index is 0.300. The number of rotatable bonds is 4. The topological polar surface area (TPSA) is 78.9 Å². The van der Waals surface area contributed by atoms with Gasteiger partial charge in [-0.25, -0.2) is 9.78 Å². The van der Waals surface area contributed by atoms with Gasteiger partial charge < -0.3 is 5.11 Å². The van der Waals surface area contributed by atoms with Crippen molar-refractivity contribution < 1.29 is 9.90 Å².